The maximum absolute atomic E-state index is 4.89. The molecule has 2 aliphatic rings. The summed E-state index contributed by atoms with van der Waals surface area (Å²) < 4.78 is 1.06. The molecule has 3 unspecified atom stereocenters. The summed E-state index contributed by atoms with van der Waals surface area (Å²) in [5, 5.41) is 5.01. The molecule has 0 bridgehead atoms. The van der Waals surface area contributed by atoms with Gasteiger partial charge in [0.2, 0.25) is 0 Å². The number of anilines is 1. The van der Waals surface area contributed by atoms with Gasteiger partial charge in [0.15, 0.2) is 0 Å². The summed E-state index contributed by atoms with van der Waals surface area (Å²) in [4.78, 5) is 9.64. The first-order chi connectivity index (χ1) is 9.60. The van der Waals surface area contributed by atoms with Crippen LogP contribution in [0, 0.1) is 0 Å². The summed E-state index contributed by atoms with van der Waals surface area (Å²) in [6, 6.07) is 0. The number of rotatable bonds is 3. The van der Waals surface area contributed by atoms with Gasteiger partial charge in [-0.25, -0.2) is 9.97 Å². The number of nitrogens with zero attached hydrogens (tertiary/aromatic N) is 2. The van der Waals surface area contributed by atoms with Crippen molar-refractivity contribution in [3.05, 3.63) is 16.0 Å². The first kappa shape index (κ1) is 15.0. The maximum Gasteiger partial charge on any atom is 0.144 e. The quantitative estimate of drug-likeness (QED) is 0.846. The summed E-state index contributed by atoms with van der Waals surface area (Å²) in [5.41, 5.74) is 1.20. The predicted molar refractivity (Wildman–Crippen MR) is 93.0 cm³/mol. The van der Waals surface area contributed by atoms with Crippen LogP contribution < -0.4 is 5.32 Å². The molecule has 3 nitrogen and oxygen atoms in total. The number of halogens is 1. The highest BCUT2D eigenvalue weighted by atomic mass is 79.9. The van der Waals surface area contributed by atoms with Gasteiger partial charge in [-0.2, -0.15) is 11.8 Å². The molecule has 1 saturated carbocycles. The molecule has 3 rings (SSSR count). The van der Waals surface area contributed by atoms with E-state index < -0.39 is 0 Å². The minimum Gasteiger partial charge on any atom is -0.372 e. The van der Waals surface area contributed by atoms with Crippen LogP contribution in [0.1, 0.15) is 49.4 Å². The van der Waals surface area contributed by atoms with Crippen LogP contribution >= 0.6 is 39.5 Å². The van der Waals surface area contributed by atoms with Crippen LogP contribution in [-0.4, -0.2) is 33.3 Å². The molecule has 0 spiro atoms. The number of hydrogen-bond donors (Lipinski definition) is 1. The first-order valence-electron chi connectivity index (χ1n) is 7.12. The highest BCUT2D eigenvalue weighted by molar-refractivity contribution is 9.10. The van der Waals surface area contributed by atoms with E-state index in [1.54, 1.807) is 0 Å². The lowest BCUT2D eigenvalue weighted by atomic mass is 10.2. The van der Waals surface area contributed by atoms with E-state index >= 15 is 0 Å². The predicted octanol–water partition coefficient (Wildman–Crippen LogP) is 4.46. The van der Waals surface area contributed by atoms with Crippen LogP contribution in [0.25, 0.3) is 0 Å². The van der Waals surface area contributed by atoms with E-state index in [2.05, 4.69) is 35.1 Å². The van der Waals surface area contributed by atoms with Crippen molar-refractivity contribution in [2.24, 2.45) is 0 Å². The van der Waals surface area contributed by atoms with Gasteiger partial charge in [-0.3, -0.25) is 0 Å². The van der Waals surface area contributed by atoms with Crippen molar-refractivity contribution < 1.29 is 0 Å². The highest BCUT2D eigenvalue weighted by Gasteiger charge is 2.33. The molecule has 0 aromatic carbocycles. The Labute approximate surface area is 137 Å². The van der Waals surface area contributed by atoms with Crippen molar-refractivity contribution in [1.82, 2.24) is 9.97 Å². The Bertz CT molecular complexity index is 507. The fraction of sp³-hybridized carbons (Fsp3) is 0.714. The topological polar surface area (TPSA) is 37.8 Å². The molecule has 1 N–H and O–H groups in total. The molecule has 2 heterocycles. The van der Waals surface area contributed by atoms with E-state index in [9.17, 15) is 0 Å². The Morgan fingerprint density at radius 3 is 2.55 bits per heavy atom. The van der Waals surface area contributed by atoms with E-state index in [1.165, 1.54) is 18.5 Å². The highest BCUT2D eigenvalue weighted by Crippen LogP contribution is 2.47. The van der Waals surface area contributed by atoms with Gasteiger partial charge in [-0.15, -0.1) is 11.8 Å². The second-order valence-electron chi connectivity index (χ2n) is 5.52. The Kier molecular flexibility index (Phi) is 4.53. The number of thioether (sulfide) groups is 2. The third-order valence-electron chi connectivity index (χ3n) is 3.93. The molecule has 6 heteroatoms. The molecular formula is C14H20BrN3S2. The van der Waals surface area contributed by atoms with Gasteiger partial charge in [0.1, 0.15) is 11.6 Å². The van der Waals surface area contributed by atoms with Crippen LogP contribution in [0.4, 0.5) is 5.82 Å². The molecule has 1 aliphatic heterocycles. The van der Waals surface area contributed by atoms with Crippen molar-refractivity contribution in [3.63, 3.8) is 0 Å². The number of hydrogen-bond acceptors (Lipinski definition) is 5. The molecule has 1 aromatic heterocycles. The maximum atomic E-state index is 4.89. The standard InChI is InChI=1S/C14H20BrN3S2/c1-7-8(2)20-10(6-19-7)13-17-12(9-4-5-9)11(15)14(16-3)18-13/h7-10H,4-6H2,1-3H3,(H,16,17,18). The fourth-order valence-corrected chi connectivity index (χ4v) is 5.88. The summed E-state index contributed by atoms with van der Waals surface area (Å²) >= 11 is 7.73. The zero-order valence-corrected chi connectivity index (χ0v) is 15.2. The van der Waals surface area contributed by atoms with E-state index in [-0.39, 0.29) is 0 Å². The van der Waals surface area contributed by atoms with Gasteiger partial charge in [0.05, 0.1) is 15.4 Å². The summed E-state index contributed by atoms with van der Waals surface area (Å²) in [6.07, 6.45) is 2.52. The molecule has 0 radical (unpaired) electrons. The molecule has 0 amide bonds. The average molecular weight is 374 g/mol. The largest absolute Gasteiger partial charge is 0.372 e. The Morgan fingerprint density at radius 1 is 1.20 bits per heavy atom. The molecule has 1 saturated heterocycles. The second kappa shape index (κ2) is 6.05. The van der Waals surface area contributed by atoms with Gasteiger partial charge in [-0.1, -0.05) is 13.8 Å². The first-order valence-corrected chi connectivity index (χ1v) is 9.90. The van der Waals surface area contributed by atoms with Crippen molar-refractivity contribution in [2.75, 3.05) is 18.1 Å². The van der Waals surface area contributed by atoms with Crippen LogP contribution in [0.15, 0.2) is 4.47 Å². The van der Waals surface area contributed by atoms with Crippen LogP contribution in [0.3, 0.4) is 0 Å². The molecular weight excluding hydrogens is 354 g/mol. The smallest absolute Gasteiger partial charge is 0.144 e. The van der Waals surface area contributed by atoms with Crippen LogP contribution in [0.2, 0.25) is 0 Å². The third-order valence-corrected chi connectivity index (χ3v) is 8.10. The van der Waals surface area contributed by atoms with Crippen LogP contribution in [0.5, 0.6) is 0 Å². The normalized spacial score (nSPS) is 30.3. The monoisotopic (exact) mass is 373 g/mol. The van der Waals surface area contributed by atoms with Gasteiger partial charge in [0, 0.05) is 29.2 Å². The lowest BCUT2D eigenvalue weighted by Crippen LogP contribution is -2.23. The third kappa shape index (κ3) is 2.97. The molecule has 3 atom stereocenters. The lowest BCUT2D eigenvalue weighted by Gasteiger charge is -2.30. The van der Waals surface area contributed by atoms with Crippen molar-refractivity contribution in [3.8, 4) is 0 Å². The fourth-order valence-electron chi connectivity index (χ4n) is 2.34. The lowest BCUT2D eigenvalue weighted by molar-refractivity contribution is 0.836. The van der Waals surface area contributed by atoms with Crippen molar-refractivity contribution >= 4 is 45.3 Å². The van der Waals surface area contributed by atoms with Gasteiger partial charge < -0.3 is 5.32 Å². The second-order valence-corrected chi connectivity index (χ2v) is 9.31. The molecule has 1 aliphatic carbocycles. The van der Waals surface area contributed by atoms with Gasteiger partial charge >= 0.3 is 0 Å². The Hall–Kier alpha value is 0.0600. The minimum atomic E-state index is 0.420. The van der Waals surface area contributed by atoms with Crippen molar-refractivity contribution in [2.45, 2.75) is 48.4 Å². The summed E-state index contributed by atoms with van der Waals surface area (Å²) in [6.45, 7) is 4.63. The average Bonchev–Trinajstić information content (AvgIpc) is 3.27. The number of aromatic nitrogens is 2. The molecule has 110 valence electrons. The van der Waals surface area contributed by atoms with Crippen molar-refractivity contribution in [1.29, 1.82) is 0 Å². The van der Waals surface area contributed by atoms with E-state index in [1.807, 2.05) is 30.6 Å². The van der Waals surface area contributed by atoms with E-state index in [0.29, 0.717) is 16.4 Å². The molecule has 20 heavy (non-hydrogen) atoms. The SMILES string of the molecule is CNc1nc(C2CSC(C)C(C)S2)nc(C2CC2)c1Br. The summed E-state index contributed by atoms with van der Waals surface area (Å²) in [7, 11) is 1.93. The van der Waals surface area contributed by atoms with Gasteiger partial charge in [-0.05, 0) is 28.8 Å². The minimum absolute atomic E-state index is 0.420. The molecule has 2 fully saturated rings. The van der Waals surface area contributed by atoms with Crippen LogP contribution in [-0.2, 0) is 0 Å². The van der Waals surface area contributed by atoms with E-state index in [4.69, 9.17) is 9.97 Å². The van der Waals surface area contributed by atoms with E-state index in [0.717, 1.165) is 27.1 Å². The summed E-state index contributed by atoms with van der Waals surface area (Å²) in [5.74, 6) is 3.70. The Morgan fingerprint density at radius 2 is 1.95 bits per heavy atom. The number of nitrogens with one attached hydrogen (secondary N) is 1. The zero-order chi connectivity index (χ0) is 14.3. The van der Waals surface area contributed by atoms with Gasteiger partial charge in [0.25, 0.3) is 0 Å². The Balaban J connectivity index is 1.91. The molecule has 1 aromatic rings. The zero-order valence-electron chi connectivity index (χ0n) is 12.0.